The number of hydrogen-bond donors (Lipinski definition) is 1. The molecule has 7 nitrogen and oxygen atoms in total. The fourth-order valence-corrected chi connectivity index (χ4v) is 2.15. The second-order valence-corrected chi connectivity index (χ2v) is 4.71. The van der Waals surface area contributed by atoms with Gasteiger partial charge in [-0.1, -0.05) is 5.16 Å². The Balaban J connectivity index is 1.60. The summed E-state index contributed by atoms with van der Waals surface area (Å²) in [5.74, 6) is 0.776. The molecule has 2 amide bonds. The van der Waals surface area contributed by atoms with Crippen LogP contribution < -0.4 is 5.32 Å². The standard InChI is InChI=1S/C11H14N4O3/c1-6-13-9(18-14-6)5-12-8-4-10(16)15(11(8)17)7-2-3-7/h7-8,12H,2-5H2,1H3. The maximum Gasteiger partial charge on any atom is 0.247 e. The molecule has 2 fully saturated rings. The van der Waals surface area contributed by atoms with Crippen LogP contribution in [0.15, 0.2) is 4.52 Å². The monoisotopic (exact) mass is 250 g/mol. The van der Waals surface area contributed by atoms with E-state index in [-0.39, 0.29) is 24.3 Å². The van der Waals surface area contributed by atoms with Crippen molar-refractivity contribution in [2.75, 3.05) is 0 Å². The molecule has 96 valence electrons. The highest BCUT2D eigenvalue weighted by Gasteiger charge is 2.45. The van der Waals surface area contributed by atoms with Crippen molar-refractivity contribution in [1.82, 2.24) is 20.4 Å². The van der Waals surface area contributed by atoms with Gasteiger partial charge in [0, 0.05) is 6.04 Å². The molecule has 18 heavy (non-hydrogen) atoms. The first-order valence-electron chi connectivity index (χ1n) is 6.03. The molecule has 2 aliphatic rings. The van der Waals surface area contributed by atoms with Crippen molar-refractivity contribution >= 4 is 11.8 Å². The van der Waals surface area contributed by atoms with Gasteiger partial charge >= 0.3 is 0 Å². The molecule has 0 aromatic carbocycles. The number of imide groups is 1. The largest absolute Gasteiger partial charge is 0.338 e. The number of carbonyl (C=O) groups excluding carboxylic acids is 2. The lowest BCUT2D eigenvalue weighted by Crippen LogP contribution is -2.39. The summed E-state index contributed by atoms with van der Waals surface area (Å²) in [6, 6.07) is -0.312. The Morgan fingerprint density at radius 3 is 2.83 bits per heavy atom. The van der Waals surface area contributed by atoms with Crippen LogP contribution in [0.25, 0.3) is 0 Å². The number of nitrogens with one attached hydrogen (secondary N) is 1. The first-order chi connectivity index (χ1) is 8.65. The zero-order chi connectivity index (χ0) is 12.7. The molecule has 1 aliphatic heterocycles. The molecule has 1 aliphatic carbocycles. The lowest BCUT2D eigenvalue weighted by molar-refractivity contribution is -0.139. The van der Waals surface area contributed by atoms with Crippen LogP contribution >= 0.6 is 0 Å². The van der Waals surface area contributed by atoms with Crippen molar-refractivity contribution in [3.63, 3.8) is 0 Å². The van der Waals surface area contributed by atoms with Gasteiger partial charge in [0.2, 0.25) is 17.7 Å². The summed E-state index contributed by atoms with van der Waals surface area (Å²) in [6.07, 6.45) is 2.10. The second-order valence-electron chi connectivity index (χ2n) is 4.71. The van der Waals surface area contributed by atoms with Gasteiger partial charge in [-0.15, -0.1) is 0 Å². The van der Waals surface area contributed by atoms with E-state index >= 15 is 0 Å². The molecule has 7 heteroatoms. The Bertz CT molecular complexity index is 494. The minimum Gasteiger partial charge on any atom is -0.338 e. The van der Waals surface area contributed by atoms with E-state index in [1.54, 1.807) is 6.92 Å². The number of amides is 2. The molecule has 1 N–H and O–H groups in total. The molecule has 1 atom stereocenters. The third-order valence-electron chi connectivity index (χ3n) is 3.16. The number of rotatable bonds is 4. The Hall–Kier alpha value is -1.76. The number of nitrogens with zero attached hydrogens (tertiary/aromatic N) is 3. The zero-order valence-corrected chi connectivity index (χ0v) is 10.0. The molecular weight excluding hydrogens is 236 g/mol. The van der Waals surface area contributed by atoms with Crippen molar-refractivity contribution in [2.24, 2.45) is 0 Å². The molecule has 1 aromatic heterocycles. The van der Waals surface area contributed by atoms with Crippen LogP contribution in [0.5, 0.6) is 0 Å². The van der Waals surface area contributed by atoms with Gasteiger partial charge in [0.25, 0.3) is 0 Å². The van der Waals surface area contributed by atoms with Crippen LogP contribution in [-0.4, -0.2) is 38.9 Å². The first-order valence-corrected chi connectivity index (χ1v) is 6.03. The predicted molar refractivity (Wildman–Crippen MR) is 59.2 cm³/mol. The third-order valence-corrected chi connectivity index (χ3v) is 3.16. The van der Waals surface area contributed by atoms with E-state index in [1.807, 2.05) is 0 Å². The highest BCUT2D eigenvalue weighted by molar-refractivity contribution is 6.06. The van der Waals surface area contributed by atoms with Gasteiger partial charge in [-0.25, -0.2) is 0 Å². The van der Waals surface area contributed by atoms with Crippen molar-refractivity contribution in [2.45, 2.75) is 44.8 Å². The fraction of sp³-hybridized carbons (Fsp3) is 0.636. The molecule has 3 rings (SSSR count). The summed E-state index contributed by atoms with van der Waals surface area (Å²) < 4.78 is 4.94. The lowest BCUT2D eigenvalue weighted by atomic mass is 10.2. The number of carbonyl (C=O) groups is 2. The molecule has 2 heterocycles. The lowest BCUT2D eigenvalue weighted by Gasteiger charge is -2.13. The average Bonchev–Trinajstić information content (AvgIpc) is 3.00. The van der Waals surface area contributed by atoms with Gasteiger partial charge in [-0.05, 0) is 19.8 Å². The van der Waals surface area contributed by atoms with Gasteiger partial charge in [-0.3, -0.25) is 19.8 Å². The van der Waals surface area contributed by atoms with Crippen LogP contribution in [0.1, 0.15) is 31.0 Å². The maximum absolute atomic E-state index is 12.0. The Morgan fingerprint density at radius 1 is 1.44 bits per heavy atom. The second kappa shape index (κ2) is 4.16. The topological polar surface area (TPSA) is 88.3 Å². The fourth-order valence-electron chi connectivity index (χ4n) is 2.15. The third kappa shape index (κ3) is 2.01. The average molecular weight is 250 g/mol. The summed E-state index contributed by atoms with van der Waals surface area (Å²) in [7, 11) is 0. The van der Waals surface area contributed by atoms with Gasteiger partial charge in [-0.2, -0.15) is 4.98 Å². The quantitative estimate of drug-likeness (QED) is 0.742. The minimum atomic E-state index is -0.453. The highest BCUT2D eigenvalue weighted by atomic mass is 16.5. The number of likely N-dealkylation sites (tertiary alicyclic amines) is 1. The number of aryl methyl sites for hydroxylation is 1. The summed E-state index contributed by atoms with van der Waals surface area (Å²) in [5.41, 5.74) is 0. The van der Waals surface area contributed by atoms with Crippen LogP contribution in [-0.2, 0) is 16.1 Å². The Labute approximate surface area is 104 Å². The molecule has 1 saturated carbocycles. The van der Waals surface area contributed by atoms with E-state index in [9.17, 15) is 9.59 Å². The SMILES string of the molecule is Cc1noc(CNC2CC(=O)N(C3CC3)C2=O)n1. The Kier molecular flexibility index (Phi) is 2.62. The van der Waals surface area contributed by atoms with Gasteiger partial charge in [0.15, 0.2) is 5.82 Å². The molecular formula is C11H14N4O3. The number of aromatic nitrogens is 2. The predicted octanol–water partition coefficient (Wildman–Crippen LogP) is -0.242. The van der Waals surface area contributed by atoms with Crippen LogP contribution in [0, 0.1) is 6.92 Å². The Morgan fingerprint density at radius 2 is 2.22 bits per heavy atom. The van der Waals surface area contributed by atoms with E-state index in [2.05, 4.69) is 15.5 Å². The molecule has 0 radical (unpaired) electrons. The summed E-state index contributed by atoms with van der Waals surface area (Å²) in [4.78, 5) is 29.1. The van der Waals surface area contributed by atoms with Gasteiger partial charge in [0.1, 0.15) is 0 Å². The van der Waals surface area contributed by atoms with E-state index < -0.39 is 6.04 Å². The molecule has 1 saturated heterocycles. The van der Waals surface area contributed by atoms with Crippen molar-refractivity contribution < 1.29 is 14.1 Å². The zero-order valence-electron chi connectivity index (χ0n) is 10.0. The summed E-state index contributed by atoms with van der Waals surface area (Å²) in [6.45, 7) is 2.04. The molecule has 0 bridgehead atoms. The van der Waals surface area contributed by atoms with Gasteiger partial charge < -0.3 is 4.52 Å². The summed E-state index contributed by atoms with van der Waals surface area (Å²) >= 11 is 0. The van der Waals surface area contributed by atoms with E-state index in [4.69, 9.17) is 4.52 Å². The first kappa shape index (κ1) is 11.3. The van der Waals surface area contributed by atoms with E-state index in [0.717, 1.165) is 12.8 Å². The maximum atomic E-state index is 12.0. The van der Waals surface area contributed by atoms with Crippen molar-refractivity contribution in [3.05, 3.63) is 11.7 Å². The van der Waals surface area contributed by atoms with E-state index in [0.29, 0.717) is 18.3 Å². The van der Waals surface area contributed by atoms with Crippen LogP contribution in [0.2, 0.25) is 0 Å². The normalized spacial score (nSPS) is 24.1. The van der Waals surface area contributed by atoms with E-state index in [1.165, 1.54) is 4.90 Å². The molecule has 1 aromatic rings. The smallest absolute Gasteiger partial charge is 0.247 e. The minimum absolute atomic E-state index is 0.0818. The number of hydrogen-bond acceptors (Lipinski definition) is 6. The van der Waals surface area contributed by atoms with Crippen molar-refractivity contribution in [3.8, 4) is 0 Å². The van der Waals surface area contributed by atoms with Crippen LogP contribution in [0.3, 0.4) is 0 Å². The molecule has 1 unspecified atom stereocenters. The highest BCUT2D eigenvalue weighted by Crippen LogP contribution is 2.31. The van der Waals surface area contributed by atoms with Crippen molar-refractivity contribution in [1.29, 1.82) is 0 Å². The summed E-state index contributed by atoms with van der Waals surface area (Å²) in [5, 5.41) is 6.66. The van der Waals surface area contributed by atoms with Crippen LogP contribution in [0.4, 0.5) is 0 Å². The molecule has 0 spiro atoms. The van der Waals surface area contributed by atoms with Gasteiger partial charge in [0.05, 0.1) is 19.0 Å².